The van der Waals surface area contributed by atoms with Gasteiger partial charge in [0.25, 0.3) is 20.0 Å². The molecule has 0 atom stereocenters. The molecule has 40 heavy (non-hydrogen) atoms. The SMILES string of the molecule is O=S(=O)(Nc1ccc(C2=NCCN2)cc1)c1ccc2c(S(=O)(=O)Nc3ccc(C4=NCCN4)cc3)cccc2c1. The van der Waals surface area contributed by atoms with Gasteiger partial charge in [-0.15, -0.1) is 0 Å². The monoisotopic (exact) mass is 574 g/mol. The molecule has 2 aliphatic heterocycles. The molecule has 0 fully saturated rings. The lowest BCUT2D eigenvalue weighted by molar-refractivity contribution is 0.600. The second kappa shape index (κ2) is 10.3. The maximum Gasteiger partial charge on any atom is 0.262 e. The van der Waals surface area contributed by atoms with Gasteiger partial charge in [-0.05, 0) is 72.1 Å². The molecule has 2 heterocycles. The minimum atomic E-state index is -3.96. The van der Waals surface area contributed by atoms with E-state index in [9.17, 15) is 16.8 Å². The average molecular weight is 575 g/mol. The van der Waals surface area contributed by atoms with Crippen LogP contribution in [0.1, 0.15) is 11.1 Å². The Morgan fingerprint density at radius 1 is 0.625 bits per heavy atom. The number of nitrogens with zero attached hydrogens (tertiary/aromatic N) is 2. The van der Waals surface area contributed by atoms with Crippen LogP contribution in [0.3, 0.4) is 0 Å². The number of nitrogens with one attached hydrogen (secondary N) is 4. The van der Waals surface area contributed by atoms with Crippen molar-refractivity contribution in [3.8, 4) is 0 Å². The topological polar surface area (TPSA) is 141 Å². The summed E-state index contributed by atoms with van der Waals surface area (Å²) in [4.78, 5) is 8.81. The van der Waals surface area contributed by atoms with Crippen molar-refractivity contribution in [1.29, 1.82) is 0 Å². The molecule has 4 N–H and O–H groups in total. The van der Waals surface area contributed by atoms with Crippen molar-refractivity contribution in [2.45, 2.75) is 9.79 Å². The molecule has 12 heteroatoms. The molecule has 0 aromatic heterocycles. The number of anilines is 2. The highest BCUT2D eigenvalue weighted by Crippen LogP contribution is 2.28. The number of hydrogen-bond donors (Lipinski definition) is 4. The van der Waals surface area contributed by atoms with Crippen LogP contribution >= 0.6 is 0 Å². The molecule has 0 radical (unpaired) electrons. The second-order valence-electron chi connectivity index (χ2n) is 9.32. The number of rotatable bonds is 8. The van der Waals surface area contributed by atoms with Gasteiger partial charge in [-0.1, -0.05) is 18.2 Å². The Morgan fingerprint density at radius 2 is 1.18 bits per heavy atom. The van der Waals surface area contributed by atoms with E-state index in [1.54, 1.807) is 60.7 Å². The average Bonchev–Trinajstić information content (AvgIpc) is 3.68. The first-order valence-corrected chi connectivity index (χ1v) is 15.6. The van der Waals surface area contributed by atoms with Gasteiger partial charge in [-0.25, -0.2) is 16.8 Å². The maximum absolute atomic E-state index is 13.3. The van der Waals surface area contributed by atoms with E-state index in [-0.39, 0.29) is 9.79 Å². The third kappa shape index (κ3) is 5.23. The highest BCUT2D eigenvalue weighted by Gasteiger charge is 2.21. The summed E-state index contributed by atoms with van der Waals surface area (Å²) in [6, 6.07) is 23.1. The quantitative estimate of drug-likeness (QED) is 0.255. The van der Waals surface area contributed by atoms with Gasteiger partial charge in [0, 0.05) is 41.0 Å². The summed E-state index contributed by atoms with van der Waals surface area (Å²) in [5.74, 6) is 1.58. The Balaban J connectivity index is 1.23. The Labute approximate surface area is 232 Å². The predicted molar refractivity (Wildman–Crippen MR) is 157 cm³/mol. The molecule has 0 bridgehead atoms. The van der Waals surface area contributed by atoms with Crippen molar-refractivity contribution < 1.29 is 16.8 Å². The number of hydrogen-bond acceptors (Lipinski definition) is 8. The third-order valence-electron chi connectivity index (χ3n) is 6.58. The van der Waals surface area contributed by atoms with E-state index in [1.807, 2.05) is 0 Å². The van der Waals surface area contributed by atoms with Crippen molar-refractivity contribution in [1.82, 2.24) is 10.6 Å². The molecule has 0 aliphatic carbocycles. The van der Waals surface area contributed by atoms with E-state index in [2.05, 4.69) is 30.1 Å². The lowest BCUT2D eigenvalue weighted by Crippen LogP contribution is -2.19. The molecule has 2 aliphatic rings. The first kappa shape index (κ1) is 25.8. The zero-order chi connectivity index (χ0) is 27.7. The van der Waals surface area contributed by atoms with Gasteiger partial charge in [0.05, 0.1) is 22.9 Å². The first-order chi connectivity index (χ1) is 19.3. The fraction of sp³-hybridized carbons (Fsp3) is 0.143. The second-order valence-corrected chi connectivity index (χ2v) is 12.7. The van der Waals surface area contributed by atoms with Crippen molar-refractivity contribution in [3.05, 3.63) is 96.1 Å². The van der Waals surface area contributed by atoms with Crippen LogP contribution in [-0.4, -0.2) is 54.7 Å². The highest BCUT2D eigenvalue weighted by molar-refractivity contribution is 7.93. The number of aliphatic imine (C=N–C) groups is 2. The Hall–Kier alpha value is -4.42. The summed E-state index contributed by atoms with van der Waals surface area (Å²) in [5.41, 5.74) is 2.57. The van der Waals surface area contributed by atoms with Gasteiger partial charge in [-0.3, -0.25) is 19.4 Å². The number of benzene rings is 4. The molecule has 0 spiro atoms. The van der Waals surface area contributed by atoms with Gasteiger partial charge in [0.15, 0.2) is 0 Å². The van der Waals surface area contributed by atoms with Gasteiger partial charge >= 0.3 is 0 Å². The fourth-order valence-corrected chi connectivity index (χ4v) is 7.02. The van der Waals surface area contributed by atoms with Crippen molar-refractivity contribution in [2.24, 2.45) is 9.98 Å². The van der Waals surface area contributed by atoms with Gasteiger partial charge in [0.2, 0.25) is 0 Å². The number of sulfonamides is 2. The fourth-order valence-electron chi connectivity index (χ4n) is 4.63. The van der Waals surface area contributed by atoms with Crippen LogP contribution in [-0.2, 0) is 20.0 Å². The van der Waals surface area contributed by atoms with Crippen LogP contribution in [0.25, 0.3) is 10.8 Å². The summed E-state index contributed by atoms with van der Waals surface area (Å²) in [7, 11) is -7.88. The first-order valence-electron chi connectivity index (χ1n) is 12.6. The van der Waals surface area contributed by atoms with Crippen LogP contribution in [0.5, 0.6) is 0 Å². The molecular formula is C28H26N6O4S2. The number of fused-ring (bicyclic) bond motifs is 1. The van der Waals surface area contributed by atoms with E-state index in [4.69, 9.17) is 0 Å². The van der Waals surface area contributed by atoms with Crippen molar-refractivity contribution in [3.63, 3.8) is 0 Å². The van der Waals surface area contributed by atoms with Gasteiger partial charge in [0.1, 0.15) is 11.7 Å². The van der Waals surface area contributed by atoms with Crippen LogP contribution in [0.4, 0.5) is 11.4 Å². The third-order valence-corrected chi connectivity index (χ3v) is 9.40. The molecular weight excluding hydrogens is 548 g/mol. The lowest BCUT2D eigenvalue weighted by atomic mass is 10.1. The maximum atomic E-state index is 13.3. The summed E-state index contributed by atoms with van der Waals surface area (Å²) in [5, 5.41) is 7.25. The molecule has 6 rings (SSSR count). The highest BCUT2D eigenvalue weighted by atomic mass is 32.2. The summed E-state index contributed by atoms with van der Waals surface area (Å²) in [6.45, 7) is 3.00. The Kier molecular flexibility index (Phi) is 6.64. The standard InChI is InChI=1S/C28H26N6O4S2/c35-39(36,33-22-8-4-19(5-9-22)27-29-14-15-30-27)24-12-13-25-21(18-24)2-1-3-26(25)40(37,38)34-23-10-6-20(7-11-23)28-31-16-17-32-28/h1-13,18,33-34H,14-17H2,(H,29,30)(H,31,32). The molecule has 0 amide bonds. The van der Waals surface area contributed by atoms with E-state index in [0.717, 1.165) is 35.9 Å². The predicted octanol–water partition coefficient (Wildman–Crippen LogP) is 3.14. The largest absolute Gasteiger partial charge is 0.368 e. The Bertz CT molecular complexity index is 1870. The van der Waals surface area contributed by atoms with Gasteiger partial charge in [-0.2, -0.15) is 0 Å². The van der Waals surface area contributed by atoms with Gasteiger partial charge < -0.3 is 10.6 Å². The van der Waals surface area contributed by atoms with E-state index >= 15 is 0 Å². The van der Waals surface area contributed by atoms with Crippen molar-refractivity contribution in [2.75, 3.05) is 35.6 Å². The van der Waals surface area contributed by atoms with E-state index in [1.165, 1.54) is 24.3 Å². The minimum Gasteiger partial charge on any atom is -0.368 e. The Morgan fingerprint density at radius 3 is 1.70 bits per heavy atom. The molecule has 0 saturated heterocycles. The zero-order valence-corrected chi connectivity index (χ0v) is 22.9. The normalized spacial score (nSPS) is 15.2. The van der Waals surface area contributed by atoms with E-state index in [0.29, 0.717) is 35.2 Å². The van der Waals surface area contributed by atoms with Crippen LogP contribution < -0.4 is 20.1 Å². The zero-order valence-electron chi connectivity index (χ0n) is 21.3. The van der Waals surface area contributed by atoms with Crippen LogP contribution in [0.2, 0.25) is 0 Å². The molecule has 204 valence electrons. The lowest BCUT2D eigenvalue weighted by Gasteiger charge is -2.13. The molecule has 0 unspecified atom stereocenters. The summed E-state index contributed by atoms with van der Waals surface area (Å²) in [6.07, 6.45) is 0. The van der Waals surface area contributed by atoms with Crippen molar-refractivity contribution >= 4 is 53.9 Å². The summed E-state index contributed by atoms with van der Waals surface area (Å²) >= 11 is 0. The van der Waals surface area contributed by atoms with E-state index < -0.39 is 20.0 Å². The summed E-state index contributed by atoms with van der Waals surface area (Å²) < 4.78 is 58.1. The molecule has 0 saturated carbocycles. The van der Waals surface area contributed by atoms with Crippen LogP contribution in [0.15, 0.2) is 105 Å². The molecule has 4 aromatic rings. The van der Waals surface area contributed by atoms with Crippen LogP contribution in [0, 0.1) is 0 Å². The number of amidine groups is 2. The minimum absolute atomic E-state index is 0.0208. The molecule has 4 aromatic carbocycles. The molecule has 10 nitrogen and oxygen atoms in total. The smallest absolute Gasteiger partial charge is 0.262 e.